The number of hydrogen-bond donors (Lipinski definition) is 1. The quantitative estimate of drug-likeness (QED) is 0.753. The summed E-state index contributed by atoms with van der Waals surface area (Å²) in [5.41, 5.74) is 2.20. The van der Waals surface area contributed by atoms with Gasteiger partial charge in [-0.2, -0.15) is 5.10 Å². The van der Waals surface area contributed by atoms with Gasteiger partial charge in [-0.3, -0.25) is 4.79 Å². The van der Waals surface area contributed by atoms with Crippen LogP contribution in [0.2, 0.25) is 0 Å². The number of amides is 1. The van der Waals surface area contributed by atoms with Crippen LogP contribution in [0.25, 0.3) is 4.96 Å². The van der Waals surface area contributed by atoms with Gasteiger partial charge in [0.05, 0.1) is 5.69 Å². The van der Waals surface area contributed by atoms with Gasteiger partial charge in [0, 0.05) is 18.3 Å². The summed E-state index contributed by atoms with van der Waals surface area (Å²) >= 11 is 1.54. The predicted octanol–water partition coefficient (Wildman–Crippen LogP) is 1.84. The summed E-state index contributed by atoms with van der Waals surface area (Å²) in [5, 5.41) is 8.98. The lowest BCUT2D eigenvalue weighted by atomic mass is 10.2. The Hall–Kier alpha value is -2.41. The first-order valence-electron chi connectivity index (χ1n) is 6.94. The lowest BCUT2D eigenvalue weighted by molar-refractivity contribution is -0.123. The van der Waals surface area contributed by atoms with Crippen LogP contribution in [0, 0.1) is 6.92 Å². The number of nitrogens with zero attached hydrogens (tertiary/aromatic N) is 3. The third-order valence-corrected chi connectivity index (χ3v) is 4.06. The van der Waals surface area contributed by atoms with Crippen LogP contribution in [0.5, 0.6) is 5.75 Å². The molecule has 3 rings (SSSR count). The molecule has 2 heterocycles. The van der Waals surface area contributed by atoms with Crippen molar-refractivity contribution >= 4 is 22.2 Å². The van der Waals surface area contributed by atoms with E-state index in [1.807, 2.05) is 36.6 Å². The Labute approximate surface area is 131 Å². The lowest BCUT2D eigenvalue weighted by Crippen LogP contribution is -2.30. The second-order valence-corrected chi connectivity index (χ2v) is 5.72. The monoisotopic (exact) mass is 316 g/mol. The van der Waals surface area contributed by atoms with Gasteiger partial charge in [0.1, 0.15) is 12.1 Å². The van der Waals surface area contributed by atoms with E-state index in [0.29, 0.717) is 18.7 Å². The third kappa shape index (κ3) is 3.43. The van der Waals surface area contributed by atoms with E-state index < -0.39 is 0 Å². The molecule has 1 N–H and O–H groups in total. The summed E-state index contributed by atoms with van der Waals surface area (Å²) in [4.78, 5) is 16.7. The fourth-order valence-corrected chi connectivity index (χ4v) is 2.84. The largest absolute Gasteiger partial charge is 0.484 e. The minimum Gasteiger partial charge on any atom is -0.484 e. The molecule has 0 bridgehead atoms. The van der Waals surface area contributed by atoms with Gasteiger partial charge in [0.15, 0.2) is 6.61 Å². The molecule has 114 valence electrons. The zero-order chi connectivity index (χ0) is 15.4. The van der Waals surface area contributed by atoms with E-state index in [0.717, 1.165) is 16.2 Å². The Morgan fingerprint density at radius 3 is 3.00 bits per heavy atom. The number of aromatic nitrogens is 3. The van der Waals surface area contributed by atoms with Crippen molar-refractivity contribution < 1.29 is 9.53 Å². The number of carbonyl (C=O) groups is 1. The minimum atomic E-state index is -0.134. The lowest BCUT2D eigenvalue weighted by Gasteiger charge is -2.07. The molecule has 2 aromatic heterocycles. The van der Waals surface area contributed by atoms with Gasteiger partial charge in [0.25, 0.3) is 5.91 Å². The van der Waals surface area contributed by atoms with Crippen molar-refractivity contribution in [2.75, 3.05) is 13.2 Å². The molecular formula is C15H16N4O2S. The van der Waals surface area contributed by atoms with Crippen molar-refractivity contribution in [1.29, 1.82) is 0 Å². The molecule has 22 heavy (non-hydrogen) atoms. The van der Waals surface area contributed by atoms with Crippen LogP contribution in [0.15, 0.2) is 36.0 Å². The molecule has 0 saturated carbocycles. The normalized spacial score (nSPS) is 10.8. The smallest absolute Gasteiger partial charge is 0.257 e. The fraction of sp³-hybridized carbons (Fsp3) is 0.267. The van der Waals surface area contributed by atoms with Gasteiger partial charge >= 0.3 is 0 Å². The number of carbonyl (C=O) groups excluding carboxylic acids is 1. The van der Waals surface area contributed by atoms with Crippen molar-refractivity contribution in [1.82, 2.24) is 19.9 Å². The highest BCUT2D eigenvalue weighted by atomic mass is 32.1. The Bertz CT molecular complexity index is 763. The van der Waals surface area contributed by atoms with Gasteiger partial charge in [0.2, 0.25) is 4.96 Å². The van der Waals surface area contributed by atoms with Crippen molar-refractivity contribution in [2.24, 2.45) is 0 Å². The average molecular weight is 316 g/mol. The second-order valence-electron chi connectivity index (χ2n) is 4.88. The molecule has 0 fully saturated rings. The summed E-state index contributed by atoms with van der Waals surface area (Å²) in [6, 6.07) is 7.62. The van der Waals surface area contributed by atoms with Gasteiger partial charge in [-0.1, -0.05) is 17.7 Å². The van der Waals surface area contributed by atoms with Crippen LogP contribution in [-0.2, 0) is 11.2 Å². The van der Waals surface area contributed by atoms with Crippen LogP contribution in [-0.4, -0.2) is 33.7 Å². The summed E-state index contributed by atoms with van der Waals surface area (Å²) in [5.74, 6) is 0.563. The summed E-state index contributed by atoms with van der Waals surface area (Å²) < 4.78 is 7.22. The van der Waals surface area contributed by atoms with Gasteiger partial charge in [-0.05, 0) is 19.1 Å². The second kappa shape index (κ2) is 6.57. The first-order valence-corrected chi connectivity index (χ1v) is 7.82. The third-order valence-electron chi connectivity index (χ3n) is 3.18. The van der Waals surface area contributed by atoms with E-state index in [9.17, 15) is 4.79 Å². The maximum Gasteiger partial charge on any atom is 0.257 e. The van der Waals surface area contributed by atoms with E-state index >= 15 is 0 Å². The fourth-order valence-electron chi connectivity index (χ4n) is 2.01. The molecule has 1 aromatic carbocycles. The number of ether oxygens (including phenoxy) is 1. The topological polar surface area (TPSA) is 68.5 Å². The maximum absolute atomic E-state index is 11.8. The Morgan fingerprint density at radius 2 is 2.18 bits per heavy atom. The molecule has 6 nitrogen and oxygen atoms in total. The van der Waals surface area contributed by atoms with Crippen molar-refractivity contribution in [3.05, 3.63) is 47.2 Å². The average Bonchev–Trinajstić information content (AvgIpc) is 3.11. The van der Waals surface area contributed by atoms with Crippen molar-refractivity contribution in [3.8, 4) is 5.75 Å². The van der Waals surface area contributed by atoms with Crippen LogP contribution < -0.4 is 10.1 Å². The van der Waals surface area contributed by atoms with Gasteiger partial charge in [-0.25, -0.2) is 9.50 Å². The van der Waals surface area contributed by atoms with E-state index in [1.54, 1.807) is 15.9 Å². The molecule has 0 aliphatic carbocycles. The summed E-state index contributed by atoms with van der Waals surface area (Å²) in [6.45, 7) is 2.57. The van der Waals surface area contributed by atoms with Crippen LogP contribution in [0.3, 0.4) is 0 Å². The van der Waals surface area contributed by atoms with Crippen LogP contribution >= 0.6 is 11.3 Å². The highest BCUT2D eigenvalue weighted by Gasteiger charge is 2.07. The van der Waals surface area contributed by atoms with Crippen molar-refractivity contribution in [2.45, 2.75) is 13.3 Å². The first kappa shape index (κ1) is 14.5. The maximum atomic E-state index is 11.8. The van der Waals surface area contributed by atoms with E-state index in [1.165, 1.54) is 6.33 Å². The number of fused-ring (bicyclic) bond motifs is 1. The van der Waals surface area contributed by atoms with Gasteiger partial charge < -0.3 is 10.1 Å². The molecule has 0 spiro atoms. The number of rotatable bonds is 6. The Kier molecular flexibility index (Phi) is 4.34. The molecule has 1 amide bonds. The van der Waals surface area contributed by atoms with Gasteiger partial charge in [-0.15, -0.1) is 11.3 Å². The molecule has 7 heteroatoms. The van der Waals surface area contributed by atoms with E-state index in [4.69, 9.17) is 4.74 Å². The number of hydrogen-bond acceptors (Lipinski definition) is 5. The standard InChI is InChI=1S/C15H16N4O2S/c1-11-2-4-13(5-3-11)21-8-14(20)16-7-6-12-9-22-15-17-10-18-19(12)15/h2-5,9-10H,6-8H2,1H3,(H,16,20). The number of benzene rings is 1. The minimum absolute atomic E-state index is 0.0193. The number of nitrogens with one attached hydrogen (secondary N) is 1. The summed E-state index contributed by atoms with van der Waals surface area (Å²) in [7, 11) is 0. The van der Waals surface area contributed by atoms with Crippen LogP contribution in [0.4, 0.5) is 0 Å². The molecule has 0 radical (unpaired) electrons. The first-order chi connectivity index (χ1) is 10.7. The highest BCUT2D eigenvalue weighted by molar-refractivity contribution is 7.15. The molecular weight excluding hydrogens is 300 g/mol. The highest BCUT2D eigenvalue weighted by Crippen LogP contribution is 2.13. The Morgan fingerprint density at radius 1 is 1.36 bits per heavy atom. The number of aryl methyl sites for hydroxylation is 1. The SMILES string of the molecule is Cc1ccc(OCC(=O)NCCc2csc3ncnn23)cc1. The Balaban J connectivity index is 1.42. The zero-order valence-corrected chi connectivity index (χ0v) is 13.0. The predicted molar refractivity (Wildman–Crippen MR) is 84.3 cm³/mol. The molecule has 0 aliphatic rings. The summed E-state index contributed by atoms with van der Waals surface area (Å²) in [6.07, 6.45) is 2.24. The molecule has 0 atom stereocenters. The van der Waals surface area contributed by atoms with E-state index in [2.05, 4.69) is 15.4 Å². The van der Waals surface area contributed by atoms with Crippen LogP contribution in [0.1, 0.15) is 11.3 Å². The molecule has 0 aliphatic heterocycles. The van der Waals surface area contributed by atoms with E-state index in [-0.39, 0.29) is 12.5 Å². The number of thiazole rings is 1. The van der Waals surface area contributed by atoms with Crippen molar-refractivity contribution in [3.63, 3.8) is 0 Å². The molecule has 0 saturated heterocycles. The zero-order valence-electron chi connectivity index (χ0n) is 12.2. The molecule has 3 aromatic rings. The molecule has 0 unspecified atom stereocenters.